The van der Waals surface area contributed by atoms with Crippen LogP contribution in [0.15, 0.2) is 42.5 Å². The van der Waals surface area contributed by atoms with Gasteiger partial charge in [-0.05, 0) is 42.5 Å². The number of aryl methyl sites for hydroxylation is 1. The Labute approximate surface area is 139 Å². The molecule has 0 N–H and O–H groups in total. The lowest BCUT2D eigenvalue weighted by Gasteiger charge is -2.09. The van der Waals surface area contributed by atoms with Crippen molar-refractivity contribution in [2.75, 3.05) is 0 Å². The lowest BCUT2D eigenvalue weighted by molar-refractivity contribution is -0.137. The van der Waals surface area contributed by atoms with Crippen LogP contribution in [0.1, 0.15) is 11.1 Å². The van der Waals surface area contributed by atoms with Crippen LogP contribution in [-0.2, 0) is 13.2 Å². The minimum Gasteiger partial charge on any atom is -0.291 e. The predicted octanol–water partition coefficient (Wildman–Crippen LogP) is 3.80. The molecule has 0 bridgehead atoms. The summed E-state index contributed by atoms with van der Waals surface area (Å²) in [6.45, 7) is 0. The van der Waals surface area contributed by atoms with Crippen molar-refractivity contribution in [3.8, 4) is 11.8 Å². The summed E-state index contributed by atoms with van der Waals surface area (Å²) in [6.07, 6.45) is -4.39. The van der Waals surface area contributed by atoms with E-state index in [9.17, 15) is 13.2 Å². The molecule has 0 unspecified atom stereocenters. The number of alkyl halides is 3. The zero-order valence-electron chi connectivity index (χ0n) is 12.9. The minimum atomic E-state index is -4.39. The lowest BCUT2D eigenvalue weighted by atomic mass is 10.1. The van der Waals surface area contributed by atoms with Gasteiger partial charge in [-0.1, -0.05) is 0 Å². The molecule has 0 fully saturated rings. The predicted molar refractivity (Wildman–Crippen MR) is 85.1 cm³/mol. The molecule has 8 heteroatoms. The van der Waals surface area contributed by atoms with Crippen molar-refractivity contribution in [1.29, 1.82) is 5.26 Å². The number of hydrogen-bond acceptors (Lipinski definition) is 3. The Morgan fingerprint density at radius 1 is 1.04 bits per heavy atom. The minimum absolute atomic E-state index is 0.477. The second-order valence-electron chi connectivity index (χ2n) is 5.59. The van der Waals surface area contributed by atoms with E-state index in [-0.39, 0.29) is 0 Å². The fraction of sp³-hybridized carbons (Fsp3) is 0.118. The van der Waals surface area contributed by atoms with Crippen LogP contribution in [0.2, 0.25) is 0 Å². The summed E-state index contributed by atoms with van der Waals surface area (Å²) in [5, 5.41) is 18.5. The third kappa shape index (κ3) is 2.32. The van der Waals surface area contributed by atoms with Crippen molar-refractivity contribution < 1.29 is 13.2 Å². The average molecular weight is 341 g/mol. The molecule has 2 aromatic heterocycles. The molecule has 2 aromatic carbocycles. The van der Waals surface area contributed by atoms with E-state index >= 15 is 0 Å². The van der Waals surface area contributed by atoms with Gasteiger partial charge >= 0.3 is 6.18 Å². The number of hydrogen-bond donors (Lipinski definition) is 0. The van der Waals surface area contributed by atoms with Crippen molar-refractivity contribution in [3.63, 3.8) is 0 Å². The fourth-order valence-electron chi connectivity index (χ4n) is 2.89. The molecule has 0 saturated carbocycles. The number of nitriles is 1. The first-order valence-electron chi connectivity index (χ1n) is 7.32. The first kappa shape index (κ1) is 15.2. The van der Waals surface area contributed by atoms with E-state index in [2.05, 4.69) is 16.3 Å². The van der Waals surface area contributed by atoms with Crippen molar-refractivity contribution in [2.24, 2.45) is 7.05 Å². The maximum absolute atomic E-state index is 12.8. The maximum atomic E-state index is 12.8. The van der Waals surface area contributed by atoms with Gasteiger partial charge in [0.1, 0.15) is 5.52 Å². The summed E-state index contributed by atoms with van der Waals surface area (Å²) < 4.78 is 40.1. The Hall–Kier alpha value is -3.34. The molecular formula is C17H10F3N5. The van der Waals surface area contributed by atoms with Gasteiger partial charge < -0.3 is 0 Å². The summed E-state index contributed by atoms with van der Waals surface area (Å²) in [5.74, 6) is 0. The molecule has 0 aliphatic heterocycles. The topological polar surface area (TPSA) is 59.4 Å². The van der Waals surface area contributed by atoms with Crippen molar-refractivity contribution in [1.82, 2.24) is 19.6 Å². The summed E-state index contributed by atoms with van der Waals surface area (Å²) >= 11 is 0. The van der Waals surface area contributed by atoms with Gasteiger partial charge in [0, 0.05) is 18.1 Å². The van der Waals surface area contributed by atoms with Crippen LogP contribution < -0.4 is 0 Å². The van der Waals surface area contributed by atoms with Gasteiger partial charge in [-0.3, -0.25) is 4.57 Å². The third-order valence-electron chi connectivity index (χ3n) is 3.98. The van der Waals surface area contributed by atoms with Crippen molar-refractivity contribution in [3.05, 3.63) is 53.6 Å². The maximum Gasteiger partial charge on any atom is 0.416 e. The van der Waals surface area contributed by atoms with Gasteiger partial charge in [-0.25, -0.2) is 0 Å². The summed E-state index contributed by atoms with van der Waals surface area (Å²) in [4.78, 5) is 1.39. The van der Waals surface area contributed by atoms with Crippen LogP contribution in [0.4, 0.5) is 13.2 Å². The highest BCUT2D eigenvalue weighted by molar-refractivity contribution is 6.06. The van der Waals surface area contributed by atoms with E-state index < -0.39 is 11.7 Å². The van der Waals surface area contributed by atoms with Gasteiger partial charge in [0.15, 0.2) is 5.65 Å². The smallest absolute Gasteiger partial charge is 0.291 e. The quantitative estimate of drug-likeness (QED) is 0.529. The number of rotatable bonds is 1. The molecular weight excluding hydrogens is 331 g/mol. The van der Waals surface area contributed by atoms with Gasteiger partial charge in [-0.15, -0.1) is 5.10 Å². The molecule has 0 aliphatic rings. The summed E-state index contributed by atoms with van der Waals surface area (Å²) in [6, 6.07) is 12.0. The molecule has 25 heavy (non-hydrogen) atoms. The van der Waals surface area contributed by atoms with E-state index in [4.69, 9.17) is 5.26 Å². The molecule has 0 spiro atoms. The van der Waals surface area contributed by atoms with E-state index in [0.29, 0.717) is 22.4 Å². The Morgan fingerprint density at radius 2 is 1.76 bits per heavy atom. The Kier molecular flexibility index (Phi) is 3.09. The summed E-state index contributed by atoms with van der Waals surface area (Å²) in [7, 11) is 1.66. The van der Waals surface area contributed by atoms with E-state index in [1.54, 1.807) is 29.8 Å². The molecule has 0 radical (unpaired) electrons. The van der Waals surface area contributed by atoms with E-state index in [1.165, 1.54) is 16.9 Å². The molecule has 5 nitrogen and oxygen atoms in total. The molecule has 0 atom stereocenters. The van der Waals surface area contributed by atoms with Crippen molar-refractivity contribution >= 4 is 22.1 Å². The first-order chi connectivity index (χ1) is 11.9. The molecule has 4 aromatic rings. The first-order valence-corrected chi connectivity index (χ1v) is 7.32. The van der Waals surface area contributed by atoms with Gasteiger partial charge in [0.05, 0.1) is 22.7 Å². The lowest BCUT2D eigenvalue weighted by Crippen LogP contribution is -2.05. The van der Waals surface area contributed by atoms with Crippen LogP contribution in [-0.4, -0.2) is 19.6 Å². The highest BCUT2D eigenvalue weighted by atomic mass is 19.4. The molecule has 4 rings (SSSR count). The average Bonchev–Trinajstić information content (AvgIpc) is 3.08. The molecule has 0 saturated heterocycles. The monoisotopic (exact) mass is 341 g/mol. The normalized spacial score (nSPS) is 12.0. The number of nitrogens with zero attached hydrogens (tertiary/aromatic N) is 5. The Bertz CT molecular complexity index is 1140. The molecule has 124 valence electrons. The SMILES string of the molecule is Cn1nc2c3cc(C#N)ccc3n(-c3ccc(C(F)(F)F)cc3)c2n1. The van der Waals surface area contributed by atoms with Crippen LogP contribution >= 0.6 is 0 Å². The second-order valence-corrected chi connectivity index (χ2v) is 5.59. The van der Waals surface area contributed by atoms with Crippen LogP contribution in [0, 0.1) is 11.3 Å². The largest absolute Gasteiger partial charge is 0.416 e. The zero-order valence-corrected chi connectivity index (χ0v) is 12.9. The Balaban J connectivity index is 2.01. The molecule has 0 aliphatic carbocycles. The highest BCUT2D eigenvalue weighted by Gasteiger charge is 2.30. The number of fused-ring (bicyclic) bond motifs is 3. The zero-order chi connectivity index (χ0) is 17.8. The Morgan fingerprint density at radius 3 is 2.40 bits per heavy atom. The van der Waals surface area contributed by atoms with E-state index in [0.717, 1.165) is 23.0 Å². The van der Waals surface area contributed by atoms with Crippen LogP contribution in [0.3, 0.4) is 0 Å². The molecule has 0 amide bonds. The number of halogens is 3. The van der Waals surface area contributed by atoms with Gasteiger partial charge in [-0.2, -0.15) is 28.3 Å². The highest BCUT2D eigenvalue weighted by Crippen LogP contribution is 2.33. The van der Waals surface area contributed by atoms with Crippen LogP contribution in [0.5, 0.6) is 0 Å². The molecule has 2 heterocycles. The second kappa shape index (κ2) is 5.08. The van der Waals surface area contributed by atoms with Gasteiger partial charge in [0.2, 0.25) is 0 Å². The summed E-state index contributed by atoms with van der Waals surface area (Å²) in [5.41, 5.74) is 2.14. The fourth-order valence-corrected chi connectivity index (χ4v) is 2.89. The number of aromatic nitrogens is 4. The van der Waals surface area contributed by atoms with Crippen molar-refractivity contribution in [2.45, 2.75) is 6.18 Å². The third-order valence-corrected chi connectivity index (χ3v) is 3.98. The number of benzene rings is 2. The standard InChI is InChI=1S/C17H10F3N5/c1-24-22-15-13-8-10(9-21)2-7-14(13)25(16(15)23-24)12-5-3-11(4-6-12)17(18,19)20/h2-8H,1H3. The van der Waals surface area contributed by atoms with E-state index in [1.807, 2.05) is 0 Å². The van der Waals surface area contributed by atoms with Gasteiger partial charge in [0.25, 0.3) is 0 Å². The van der Waals surface area contributed by atoms with Crippen LogP contribution in [0.25, 0.3) is 27.8 Å².